The number of methoxy groups -OCH3 is 1. The van der Waals surface area contributed by atoms with Crippen molar-refractivity contribution in [1.82, 2.24) is 14.5 Å². The van der Waals surface area contributed by atoms with Gasteiger partial charge in [0.2, 0.25) is 10.0 Å². The van der Waals surface area contributed by atoms with E-state index in [4.69, 9.17) is 10.5 Å². The summed E-state index contributed by atoms with van der Waals surface area (Å²) in [5, 5.41) is 6.04. The summed E-state index contributed by atoms with van der Waals surface area (Å²) in [6, 6.07) is 7.24. The average molecular weight is 296 g/mol. The van der Waals surface area contributed by atoms with E-state index in [-0.39, 0.29) is 17.3 Å². The molecule has 3 N–H and O–H groups in total. The Kier molecular flexibility index (Phi) is 3.96. The molecule has 20 heavy (non-hydrogen) atoms. The van der Waals surface area contributed by atoms with Crippen LogP contribution < -0.4 is 10.5 Å². The molecule has 0 spiro atoms. The number of nitrogen functional groups attached to an aromatic ring is 1. The fourth-order valence-corrected chi connectivity index (χ4v) is 2.97. The molecule has 0 fully saturated rings. The summed E-state index contributed by atoms with van der Waals surface area (Å²) in [7, 11) is -0.667. The van der Waals surface area contributed by atoms with Gasteiger partial charge in [-0.1, -0.05) is 18.2 Å². The van der Waals surface area contributed by atoms with Gasteiger partial charge in [-0.05, 0) is 6.07 Å². The molecule has 0 amide bonds. The van der Waals surface area contributed by atoms with E-state index >= 15 is 0 Å². The summed E-state index contributed by atoms with van der Waals surface area (Å²) in [5.74, 6) is 0.659. The second-order valence-electron chi connectivity index (χ2n) is 4.22. The fourth-order valence-electron chi connectivity index (χ4n) is 1.82. The molecule has 0 aliphatic rings. The zero-order chi connectivity index (χ0) is 14.8. The number of nitrogens with two attached hydrogens (primary N) is 1. The quantitative estimate of drug-likeness (QED) is 0.850. The topological polar surface area (TPSA) is 101 Å². The second kappa shape index (κ2) is 5.51. The smallest absolute Gasteiger partial charge is 0.248 e. The van der Waals surface area contributed by atoms with Crippen molar-refractivity contribution < 1.29 is 13.2 Å². The third-order valence-corrected chi connectivity index (χ3v) is 4.74. The minimum Gasteiger partial charge on any atom is -0.496 e. The molecule has 1 aromatic heterocycles. The van der Waals surface area contributed by atoms with Crippen molar-refractivity contribution in [3.05, 3.63) is 36.0 Å². The van der Waals surface area contributed by atoms with E-state index in [1.807, 2.05) is 18.2 Å². The standard InChI is InChI=1S/C12H16N4O3S/c1-16(8-9-5-3-4-6-10(9)19-2)20(17,18)11-7-14-15-12(11)13/h3-7H,8H2,1-2H3,(H3,13,14,15). The van der Waals surface area contributed by atoms with Crippen LogP contribution in [0.5, 0.6) is 5.75 Å². The molecule has 0 aliphatic heterocycles. The number of aromatic amines is 1. The maximum Gasteiger partial charge on any atom is 0.248 e. The Morgan fingerprint density at radius 2 is 2.10 bits per heavy atom. The summed E-state index contributed by atoms with van der Waals surface area (Å²) in [6.45, 7) is 0.178. The highest BCUT2D eigenvalue weighted by atomic mass is 32.2. The number of H-pyrrole nitrogens is 1. The molecular weight excluding hydrogens is 280 g/mol. The normalized spacial score (nSPS) is 11.8. The minimum absolute atomic E-state index is 0.0249. The molecule has 0 saturated carbocycles. The van der Waals surface area contributed by atoms with E-state index in [0.717, 1.165) is 5.56 Å². The van der Waals surface area contributed by atoms with Crippen molar-refractivity contribution >= 4 is 15.8 Å². The van der Waals surface area contributed by atoms with Crippen LogP contribution in [-0.4, -0.2) is 37.1 Å². The van der Waals surface area contributed by atoms with Crippen LogP contribution in [0.3, 0.4) is 0 Å². The van der Waals surface area contributed by atoms with Crippen LogP contribution in [0.2, 0.25) is 0 Å². The lowest BCUT2D eigenvalue weighted by Crippen LogP contribution is -2.27. The van der Waals surface area contributed by atoms with Gasteiger partial charge >= 0.3 is 0 Å². The van der Waals surface area contributed by atoms with Crippen LogP contribution in [0.1, 0.15) is 5.56 Å². The van der Waals surface area contributed by atoms with Crippen molar-refractivity contribution in [2.24, 2.45) is 0 Å². The Morgan fingerprint density at radius 3 is 2.70 bits per heavy atom. The number of para-hydroxylation sites is 1. The molecule has 0 aliphatic carbocycles. The minimum atomic E-state index is -3.69. The lowest BCUT2D eigenvalue weighted by atomic mass is 10.2. The molecule has 2 aromatic rings. The summed E-state index contributed by atoms with van der Waals surface area (Å²) in [6.07, 6.45) is 1.20. The molecule has 0 saturated heterocycles. The Morgan fingerprint density at radius 1 is 1.40 bits per heavy atom. The van der Waals surface area contributed by atoms with Crippen molar-refractivity contribution in [3.63, 3.8) is 0 Å². The number of anilines is 1. The van der Waals surface area contributed by atoms with Crippen LogP contribution in [0.4, 0.5) is 5.82 Å². The number of benzene rings is 1. The summed E-state index contributed by atoms with van der Waals surface area (Å²) in [4.78, 5) is -0.0325. The van der Waals surface area contributed by atoms with E-state index in [9.17, 15) is 8.42 Å². The van der Waals surface area contributed by atoms with E-state index in [0.29, 0.717) is 5.75 Å². The van der Waals surface area contributed by atoms with Gasteiger partial charge in [0.1, 0.15) is 16.5 Å². The monoisotopic (exact) mass is 296 g/mol. The lowest BCUT2D eigenvalue weighted by Gasteiger charge is -2.18. The zero-order valence-electron chi connectivity index (χ0n) is 11.2. The van der Waals surface area contributed by atoms with Gasteiger partial charge in [-0.15, -0.1) is 0 Å². The molecule has 8 heteroatoms. The highest BCUT2D eigenvalue weighted by Gasteiger charge is 2.25. The predicted molar refractivity (Wildman–Crippen MR) is 74.6 cm³/mol. The number of nitrogens with zero attached hydrogens (tertiary/aromatic N) is 2. The molecule has 1 heterocycles. The number of hydrogen-bond donors (Lipinski definition) is 2. The van der Waals surface area contributed by atoms with Gasteiger partial charge in [0.05, 0.1) is 13.3 Å². The van der Waals surface area contributed by atoms with Crippen LogP contribution in [0, 0.1) is 0 Å². The van der Waals surface area contributed by atoms with Crippen LogP contribution >= 0.6 is 0 Å². The summed E-state index contributed by atoms with van der Waals surface area (Å²) < 4.78 is 31.1. The first-order valence-electron chi connectivity index (χ1n) is 5.84. The first kappa shape index (κ1) is 14.4. The first-order valence-corrected chi connectivity index (χ1v) is 7.28. The van der Waals surface area contributed by atoms with Crippen LogP contribution in [0.15, 0.2) is 35.4 Å². The van der Waals surface area contributed by atoms with Gasteiger partial charge < -0.3 is 10.5 Å². The Labute approximate surface area is 117 Å². The van der Waals surface area contributed by atoms with E-state index in [2.05, 4.69) is 10.2 Å². The number of sulfonamides is 1. The largest absolute Gasteiger partial charge is 0.496 e. The maximum absolute atomic E-state index is 12.4. The molecule has 0 unspecified atom stereocenters. The van der Waals surface area contributed by atoms with Crippen molar-refractivity contribution in [1.29, 1.82) is 0 Å². The van der Waals surface area contributed by atoms with E-state index in [1.54, 1.807) is 13.2 Å². The Bertz CT molecular complexity index is 696. The number of rotatable bonds is 5. The van der Waals surface area contributed by atoms with E-state index < -0.39 is 10.0 Å². The number of hydrogen-bond acceptors (Lipinski definition) is 5. The van der Waals surface area contributed by atoms with Crippen molar-refractivity contribution in [3.8, 4) is 5.75 Å². The number of ether oxygens (including phenoxy) is 1. The van der Waals surface area contributed by atoms with Gasteiger partial charge in [-0.3, -0.25) is 5.10 Å². The summed E-state index contributed by atoms with van der Waals surface area (Å²) >= 11 is 0. The maximum atomic E-state index is 12.4. The predicted octanol–water partition coefficient (Wildman–Crippen LogP) is 0.821. The molecule has 0 atom stereocenters. The van der Waals surface area contributed by atoms with Crippen LogP contribution in [0.25, 0.3) is 0 Å². The first-order chi connectivity index (χ1) is 9.46. The molecular formula is C12H16N4O3S. The van der Waals surface area contributed by atoms with Crippen molar-refractivity contribution in [2.75, 3.05) is 19.9 Å². The second-order valence-corrected chi connectivity index (χ2v) is 6.23. The highest BCUT2D eigenvalue weighted by molar-refractivity contribution is 7.89. The molecule has 108 valence electrons. The third kappa shape index (κ3) is 2.61. The lowest BCUT2D eigenvalue weighted by molar-refractivity contribution is 0.398. The van der Waals surface area contributed by atoms with Gasteiger partial charge in [0, 0.05) is 19.2 Å². The molecule has 1 aromatic carbocycles. The van der Waals surface area contributed by atoms with Gasteiger partial charge in [-0.2, -0.15) is 9.40 Å². The summed E-state index contributed by atoms with van der Waals surface area (Å²) in [5.41, 5.74) is 6.33. The Balaban J connectivity index is 2.28. The third-order valence-electron chi connectivity index (χ3n) is 2.91. The molecule has 7 nitrogen and oxygen atoms in total. The van der Waals surface area contributed by atoms with E-state index in [1.165, 1.54) is 17.5 Å². The van der Waals surface area contributed by atoms with Gasteiger partial charge in [0.25, 0.3) is 0 Å². The molecule has 0 radical (unpaired) electrons. The number of aromatic nitrogens is 2. The van der Waals surface area contributed by atoms with Gasteiger partial charge in [-0.25, -0.2) is 8.42 Å². The van der Waals surface area contributed by atoms with Crippen LogP contribution in [-0.2, 0) is 16.6 Å². The van der Waals surface area contributed by atoms with Gasteiger partial charge in [0.15, 0.2) is 0 Å². The molecule has 2 rings (SSSR count). The highest BCUT2D eigenvalue weighted by Crippen LogP contribution is 2.24. The zero-order valence-corrected chi connectivity index (χ0v) is 12.0. The van der Waals surface area contributed by atoms with Crippen molar-refractivity contribution in [2.45, 2.75) is 11.4 Å². The Hall–Kier alpha value is -2.06. The SMILES string of the molecule is COc1ccccc1CN(C)S(=O)(=O)c1cn[nH]c1N. The molecule has 0 bridgehead atoms. The number of nitrogens with one attached hydrogen (secondary N) is 1. The fraction of sp³-hybridized carbons (Fsp3) is 0.250. The average Bonchev–Trinajstić information content (AvgIpc) is 2.86.